The number of aliphatic hydroxyl groups is 1. The number of rotatable bonds is 6. The lowest BCUT2D eigenvalue weighted by Gasteiger charge is -2.33. The molecular weight excluding hydrogens is 204 g/mol. The molecule has 0 aliphatic carbocycles. The minimum absolute atomic E-state index is 0.0455. The number of amides is 1. The van der Waals surface area contributed by atoms with E-state index in [9.17, 15) is 4.79 Å². The molecule has 0 unspecified atom stereocenters. The van der Waals surface area contributed by atoms with Crippen LogP contribution in [0.15, 0.2) is 12.2 Å². The highest BCUT2D eigenvalue weighted by Crippen LogP contribution is 2.08. The predicted molar refractivity (Wildman–Crippen MR) is 64.1 cm³/mol. The number of nitrogens with one attached hydrogen (secondary N) is 1. The molecule has 0 saturated carbocycles. The van der Waals surface area contributed by atoms with E-state index in [2.05, 4.69) is 29.3 Å². The van der Waals surface area contributed by atoms with Gasteiger partial charge in [0.2, 0.25) is 5.91 Å². The molecule has 0 aromatic heterocycles. The average molecular weight is 226 g/mol. The van der Waals surface area contributed by atoms with Gasteiger partial charge in [-0.05, 0) is 12.8 Å². The summed E-state index contributed by atoms with van der Waals surface area (Å²) in [5, 5.41) is 11.8. The fourth-order valence-corrected chi connectivity index (χ4v) is 1.91. The van der Waals surface area contributed by atoms with E-state index >= 15 is 0 Å². The lowest BCUT2D eigenvalue weighted by Crippen LogP contribution is -2.55. The molecule has 1 amide bonds. The van der Waals surface area contributed by atoms with Crippen molar-refractivity contribution in [3.05, 3.63) is 12.2 Å². The zero-order valence-electron chi connectivity index (χ0n) is 9.98. The van der Waals surface area contributed by atoms with Crippen molar-refractivity contribution in [1.82, 2.24) is 10.2 Å². The molecule has 0 aromatic rings. The maximum absolute atomic E-state index is 11.6. The number of carbonyl (C=O) groups excluding carboxylic acids is 1. The monoisotopic (exact) mass is 226 g/mol. The first-order chi connectivity index (χ1) is 7.79. The molecule has 16 heavy (non-hydrogen) atoms. The van der Waals surface area contributed by atoms with Crippen LogP contribution in [0.4, 0.5) is 0 Å². The van der Waals surface area contributed by atoms with Gasteiger partial charge in [-0.3, -0.25) is 9.69 Å². The Balaban J connectivity index is 2.44. The number of nitrogens with zero attached hydrogens (tertiary/aromatic N) is 1. The van der Waals surface area contributed by atoms with Crippen LogP contribution < -0.4 is 5.32 Å². The summed E-state index contributed by atoms with van der Waals surface area (Å²) in [5.74, 6) is 0.0455. The molecule has 4 heteroatoms. The number of hydrogen-bond donors (Lipinski definition) is 2. The highest BCUT2D eigenvalue weighted by Gasteiger charge is 2.27. The van der Waals surface area contributed by atoms with E-state index in [0.29, 0.717) is 13.0 Å². The van der Waals surface area contributed by atoms with E-state index in [4.69, 9.17) is 5.11 Å². The SMILES string of the molecule is CCC/C=C/CN1CCNC(=O)[C@@H]1CCO. The lowest BCUT2D eigenvalue weighted by molar-refractivity contribution is -0.129. The first-order valence-electron chi connectivity index (χ1n) is 6.07. The number of allylic oxidation sites excluding steroid dienone is 1. The Labute approximate surface area is 97.3 Å². The van der Waals surface area contributed by atoms with Gasteiger partial charge in [-0.2, -0.15) is 0 Å². The van der Waals surface area contributed by atoms with E-state index in [1.807, 2.05) is 0 Å². The Hall–Kier alpha value is -0.870. The lowest BCUT2D eigenvalue weighted by atomic mass is 10.1. The number of aliphatic hydroxyl groups excluding tert-OH is 1. The normalized spacial score (nSPS) is 22.6. The molecule has 2 N–H and O–H groups in total. The fraction of sp³-hybridized carbons (Fsp3) is 0.750. The Kier molecular flexibility index (Phi) is 6.11. The van der Waals surface area contributed by atoms with E-state index in [1.54, 1.807) is 0 Å². The fourth-order valence-electron chi connectivity index (χ4n) is 1.91. The van der Waals surface area contributed by atoms with Crippen LogP contribution in [0.3, 0.4) is 0 Å². The molecule has 1 aliphatic rings. The molecule has 0 radical (unpaired) electrons. The maximum atomic E-state index is 11.6. The number of piperazine rings is 1. The summed E-state index contributed by atoms with van der Waals surface area (Å²) in [5.41, 5.74) is 0. The van der Waals surface area contributed by atoms with Crippen LogP contribution in [-0.4, -0.2) is 48.2 Å². The maximum Gasteiger partial charge on any atom is 0.237 e. The summed E-state index contributed by atoms with van der Waals surface area (Å²) in [6.07, 6.45) is 7.03. The van der Waals surface area contributed by atoms with Crippen LogP contribution in [0.1, 0.15) is 26.2 Å². The quantitative estimate of drug-likeness (QED) is 0.649. The van der Waals surface area contributed by atoms with E-state index in [1.165, 1.54) is 0 Å². The van der Waals surface area contributed by atoms with Crippen molar-refractivity contribution in [1.29, 1.82) is 0 Å². The predicted octanol–water partition coefficient (Wildman–Crippen LogP) is 0.526. The van der Waals surface area contributed by atoms with Crippen LogP contribution in [-0.2, 0) is 4.79 Å². The van der Waals surface area contributed by atoms with Gasteiger partial charge in [0.1, 0.15) is 0 Å². The van der Waals surface area contributed by atoms with E-state index in [0.717, 1.165) is 25.9 Å². The van der Waals surface area contributed by atoms with Crippen LogP contribution in [0.25, 0.3) is 0 Å². The first-order valence-corrected chi connectivity index (χ1v) is 6.07. The van der Waals surface area contributed by atoms with Crippen molar-refractivity contribution >= 4 is 5.91 Å². The zero-order chi connectivity index (χ0) is 11.8. The number of hydrogen-bond acceptors (Lipinski definition) is 3. The van der Waals surface area contributed by atoms with Gasteiger partial charge in [0, 0.05) is 26.2 Å². The third kappa shape index (κ3) is 3.94. The van der Waals surface area contributed by atoms with Gasteiger partial charge in [-0.15, -0.1) is 0 Å². The van der Waals surface area contributed by atoms with Gasteiger partial charge >= 0.3 is 0 Å². The minimum atomic E-state index is -0.162. The van der Waals surface area contributed by atoms with Gasteiger partial charge in [-0.25, -0.2) is 0 Å². The standard InChI is InChI=1S/C12H22N2O2/c1-2-3-4-5-8-14-9-7-13-12(16)11(14)6-10-15/h4-5,11,15H,2-3,6-10H2,1H3,(H,13,16)/b5-4+/t11-/m0/s1. The van der Waals surface area contributed by atoms with Crippen LogP contribution in [0, 0.1) is 0 Å². The van der Waals surface area contributed by atoms with Crippen molar-refractivity contribution in [2.45, 2.75) is 32.2 Å². The molecule has 1 fully saturated rings. The molecule has 92 valence electrons. The van der Waals surface area contributed by atoms with Crippen molar-refractivity contribution in [3.63, 3.8) is 0 Å². The van der Waals surface area contributed by atoms with Gasteiger partial charge in [0.15, 0.2) is 0 Å². The Bertz CT molecular complexity index is 241. The molecular formula is C12H22N2O2. The van der Waals surface area contributed by atoms with Gasteiger partial charge < -0.3 is 10.4 Å². The van der Waals surface area contributed by atoms with Crippen molar-refractivity contribution in [3.8, 4) is 0 Å². The molecule has 0 spiro atoms. The molecule has 1 heterocycles. The zero-order valence-corrected chi connectivity index (χ0v) is 9.98. The molecule has 0 bridgehead atoms. The molecule has 4 nitrogen and oxygen atoms in total. The Morgan fingerprint density at radius 1 is 1.56 bits per heavy atom. The summed E-state index contributed by atoms with van der Waals surface area (Å²) in [6, 6.07) is -0.162. The van der Waals surface area contributed by atoms with Crippen molar-refractivity contribution < 1.29 is 9.90 Å². The second-order valence-electron chi connectivity index (χ2n) is 4.07. The number of carbonyl (C=O) groups is 1. The van der Waals surface area contributed by atoms with E-state index in [-0.39, 0.29) is 18.6 Å². The molecule has 0 aromatic carbocycles. The van der Waals surface area contributed by atoms with E-state index < -0.39 is 0 Å². The Morgan fingerprint density at radius 3 is 3.06 bits per heavy atom. The molecule has 1 rings (SSSR count). The van der Waals surface area contributed by atoms with Crippen molar-refractivity contribution in [2.24, 2.45) is 0 Å². The largest absolute Gasteiger partial charge is 0.396 e. The topological polar surface area (TPSA) is 52.6 Å². The summed E-state index contributed by atoms with van der Waals surface area (Å²) >= 11 is 0. The Morgan fingerprint density at radius 2 is 2.38 bits per heavy atom. The smallest absolute Gasteiger partial charge is 0.237 e. The van der Waals surface area contributed by atoms with Gasteiger partial charge in [0.05, 0.1) is 6.04 Å². The third-order valence-corrected chi connectivity index (χ3v) is 2.81. The van der Waals surface area contributed by atoms with Crippen LogP contribution in [0.5, 0.6) is 0 Å². The minimum Gasteiger partial charge on any atom is -0.396 e. The average Bonchev–Trinajstić information content (AvgIpc) is 2.29. The van der Waals surface area contributed by atoms with Gasteiger partial charge in [-0.1, -0.05) is 25.5 Å². The molecule has 1 saturated heterocycles. The second-order valence-corrected chi connectivity index (χ2v) is 4.07. The van der Waals surface area contributed by atoms with Crippen LogP contribution in [0.2, 0.25) is 0 Å². The molecule has 1 atom stereocenters. The summed E-state index contributed by atoms with van der Waals surface area (Å²) in [4.78, 5) is 13.7. The summed E-state index contributed by atoms with van der Waals surface area (Å²) in [7, 11) is 0. The summed E-state index contributed by atoms with van der Waals surface area (Å²) < 4.78 is 0. The first kappa shape index (κ1) is 13.2. The molecule has 1 aliphatic heterocycles. The summed E-state index contributed by atoms with van der Waals surface area (Å²) in [6.45, 7) is 4.59. The second kappa shape index (κ2) is 7.41. The van der Waals surface area contributed by atoms with Gasteiger partial charge in [0.25, 0.3) is 0 Å². The number of unbranched alkanes of at least 4 members (excludes halogenated alkanes) is 1. The highest BCUT2D eigenvalue weighted by molar-refractivity contribution is 5.82. The van der Waals surface area contributed by atoms with Crippen LogP contribution >= 0.6 is 0 Å². The highest BCUT2D eigenvalue weighted by atomic mass is 16.3. The van der Waals surface area contributed by atoms with Crippen molar-refractivity contribution in [2.75, 3.05) is 26.2 Å². The third-order valence-electron chi connectivity index (χ3n) is 2.81.